The Bertz CT molecular complexity index is 891. The molecule has 1 atom stereocenters. The summed E-state index contributed by atoms with van der Waals surface area (Å²) in [6, 6.07) is 13.2. The zero-order valence-electron chi connectivity index (χ0n) is 16.4. The van der Waals surface area contributed by atoms with E-state index >= 15 is 0 Å². The van der Waals surface area contributed by atoms with Gasteiger partial charge in [0.1, 0.15) is 10.6 Å². The van der Waals surface area contributed by atoms with Crippen molar-refractivity contribution in [3.8, 4) is 6.07 Å². The van der Waals surface area contributed by atoms with Gasteiger partial charge in [0, 0.05) is 11.1 Å². The summed E-state index contributed by atoms with van der Waals surface area (Å²) in [7, 11) is 0. The fourth-order valence-electron chi connectivity index (χ4n) is 2.18. The second kappa shape index (κ2) is 9.38. The minimum absolute atomic E-state index is 0.0898. The van der Waals surface area contributed by atoms with Crippen molar-refractivity contribution in [2.24, 2.45) is 5.92 Å². The van der Waals surface area contributed by atoms with Crippen molar-refractivity contribution in [1.82, 2.24) is 10.3 Å². The van der Waals surface area contributed by atoms with E-state index in [-0.39, 0.29) is 11.5 Å². The fraction of sp³-hybridized carbons (Fsp3) is 0.333. The monoisotopic (exact) mass is 397 g/mol. The number of pyridine rings is 1. The van der Waals surface area contributed by atoms with Gasteiger partial charge in [-0.2, -0.15) is 5.26 Å². The molecule has 0 spiro atoms. The third-order valence-corrected chi connectivity index (χ3v) is 5.37. The van der Waals surface area contributed by atoms with Gasteiger partial charge >= 0.3 is 5.97 Å². The molecule has 0 aliphatic rings. The summed E-state index contributed by atoms with van der Waals surface area (Å²) < 4.78 is 5.14. The molecule has 1 aromatic carbocycles. The average molecular weight is 398 g/mol. The molecule has 0 bridgehead atoms. The number of nitrogens with zero attached hydrogens (tertiary/aromatic N) is 2. The lowest BCUT2D eigenvalue weighted by Crippen LogP contribution is -2.50. The molecular formula is C21H23N3O3S. The van der Waals surface area contributed by atoms with Crippen LogP contribution in [0.25, 0.3) is 0 Å². The highest BCUT2D eigenvalue weighted by Gasteiger charge is 2.30. The summed E-state index contributed by atoms with van der Waals surface area (Å²) in [5, 5.41) is 12.4. The normalized spacial score (nSPS) is 12.7. The van der Waals surface area contributed by atoms with Gasteiger partial charge in [-0.3, -0.25) is 4.79 Å². The highest BCUT2D eigenvalue weighted by atomic mass is 32.2. The molecule has 1 amide bonds. The summed E-state index contributed by atoms with van der Waals surface area (Å²) in [4.78, 5) is 29.8. The molecular weight excluding hydrogens is 374 g/mol. The Kier molecular flexibility index (Phi) is 7.18. The van der Waals surface area contributed by atoms with E-state index < -0.39 is 24.0 Å². The molecule has 0 saturated carbocycles. The first-order valence-corrected chi connectivity index (χ1v) is 9.65. The highest BCUT2D eigenvalue weighted by Crippen LogP contribution is 2.29. The van der Waals surface area contributed by atoms with Crippen molar-refractivity contribution in [3.05, 3.63) is 53.7 Å². The van der Waals surface area contributed by atoms with Crippen LogP contribution < -0.4 is 5.32 Å². The van der Waals surface area contributed by atoms with Crippen LogP contribution in [-0.2, 0) is 9.53 Å². The Morgan fingerprint density at radius 3 is 2.57 bits per heavy atom. The van der Waals surface area contributed by atoms with Crippen LogP contribution >= 0.6 is 11.8 Å². The number of rotatable bonds is 7. The lowest BCUT2D eigenvalue weighted by Gasteiger charge is -2.27. The van der Waals surface area contributed by atoms with E-state index in [4.69, 9.17) is 4.74 Å². The number of nitriles is 1. The Hall–Kier alpha value is -2.85. The summed E-state index contributed by atoms with van der Waals surface area (Å²) in [6.07, 6.45) is 1.60. The van der Waals surface area contributed by atoms with Crippen LogP contribution in [0.1, 0.15) is 36.7 Å². The van der Waals surface area contributed by atoms with Crippen LogP contribution in [0.2, 0.25) is 0 Å². The Labute approximate surface area is 169 Å². The number of aromatic nitrogens is 1. The molecule has 6 nitrogen and oxygen atoms in total. The molecule has 0 radical (unpaired) electrons. The van der Waals surface area contributed by atoms with Crippen LogP contribution in [0.15, 0.2) is 52.5 Å². The predicted molar refractivity (Wildman–Crippen MR) is 107 cm³/mol. The van der Waals surface area contributed by atoms with E-state index in [2.05, 4.69) is 16.4 Å². The molecule has 0 aliphatic heterocycles. The van der Waals surface area contributed by atoms with Gasteiger partial charge in [0.15, 0.2) is 6.61 Å². The molecule has 0 saturated heterocycles. The highest BCUT2D eigenvalue weighted by molar-refractivity contribution is 7.99. The van der Waals surface area contributed by atoms with E-state index in [9.17, 15) is 14.9 Å². The molecule has 1 aromatic heterocycles. The number of ether oxygens (including phenoxy) is 1. The number of carbonyl (C=O) groups is 2. The van der Waals surface area contributed by atoms with Crippen molar-refractivity contribution in [2.75, 3.05) is 6.61 Å². The van der Waals surface area contributed by atoms with Crippen LogP contribution in [-0.4, -0.2) is 29.0 Å². The lowest BCUT2D eigenvalue weighted by atomic mass is 9.90. The summed E-state index contributed by atoms with van der Waals surface area (Å²) >= 11 is 1.35. The quantitative estimate of drug-likeness (QED) is 0.715. The average Bonchev–Trinajstić information content (AvgIpc) is 2.68. The summed E-state index contributed by atoms with van der Waals surface area (Å²) in [6.45, 7) is 6.83. The maximum absolute atomic E-state index is 12.5. The number of hydrogen-bond donors (Lipinski definition) is 1. The first kappa shape index (κ1) is 21.5. The van der Waals surface area contributed by atoms with Gasteiger partial charge in [-0.15, -0.1) is 0 Å². The van der Waals surface area contributed by atoms with E-state index in [1.54, 1.807) is 25.3 Å². The van der Waals surface area contributed by atoms with Crippen molar-refractivity contribution < 1.29 is 14.3 Å². The Morgan fingerprint density at radius 2 is 1.96 bits per heavy atom. The zero-order valence-corrected chi connectivity index (χ0v) is 17.2. The van der Waals surface area contributed by atoms with E-state index in [1.807, 2.05) is 45.0 Å². The van der Waals surface area contributed by atoms with Gasteiger partial charge in [0.05, 0.1) is 11.6 Å². The summed E-state index contributed by atoms with van der Waals surface area (Å²) in [5.74, 6) is -1.25. The molecule has 2 rings (SSSR count). The number of carbonyl (C=O) groups excluding carboxylic acids is 2. The number of esters is 1. The van der Waals surface area contributed by atoms with Crippen molar-refractivity contribution in [2.45, 2.75) is 43.2 Å². The third kappa shape index (κ3) is 5.57. The largest absolute Gasteiger partial charge is 0.452 e. The Balaban J connectivity index is 2.04. The third-order valence-electron chi connectivity index (χ3n) is 4.35. The molecule has 7 heteroatoms. The number of aryl methyl sites for hydroxylation is 1. The van der Waals surface area contributed by atoms with E-state index in [0.717, 1.165) is 10.5 Å². The van der Waals surface area contributed by atoms with Gasteiger partial charge in [-0.05, 0) is 44.0 Å². The maximum Gasteiger partial charge on any atom is 0.341 e. The second-order valence-corrected chi connectivity index (χ2v) is 7.93. The van der Waals surface area contributed by atoms with Gasteiger partial charge in [-0.1, -0.05) is 43.3 Å². The molecule has 146 valence electrons. The molecule has 0 fully saturated rings. The molecule has 28 heavy (non-hydrogen) atoms. The number of benzene rings is 1. The van der Waals surface area contributed by atoms with Crippen LogP contribution in [0.5, 0.6) is 0 Å². The molecule has 0 aliphatic carbocycles. The predicted octanol–water partition coefficient (Wildman–Crippen LogP) is 3.75. The smallest absolute Gasteiger partial charge is 0.341 e. The summed E-state index contributed by atoms with van der Waals surface area (Å²) in [5.41, 5.74) is 0.402. The first-order chi connectivity index (χ1) is 13.2. The van der Waals surface area contributed by atoms with Gasteiger partial charge in [-0.25, -0.2) is 9.78 Å². The minimum atomic E-state index is -1.02. The lowest BCUT2D eigenvalue weighted by molar-refractivity contribution is -0.125. The Morgan fingerprint density at radius 1 is 1.29 bits per heavy atom. The topological polar surface area (TPSA) is 92.1 Å². The standard InChI is InChI=1S/C21H23N3O3S/c1-14(2)21(4,13-22)24-18(25)12-27-20(26)17-6-5-11-23-19(17)28-16-9-7-15(3)8-10-16/h5-11,14H,12H2,1-4H3,(H,24,25)/t21-/m1/s1. The molecule has 1 N–H and O–H groups in total. The van der Waals surface area contributed by atoms with Crippen molar-refractivity contribution in [1.29, 1.82) is 5.26 Å². The van der Waals surface area contributed by atoms with Gasteiger partial charge in [0.25, 0.3) is 5.91 Å². The second-order valence-electron chi connectivity index (χ2n) is 6.86. The number of amides is 1. The zero-order chi connectivity index (χ0) is 20.7. The van der Waals surface area contributed by atoms with Crippen molar-refractivity contribution >= 4 is 23.6 Å². The minimum Gasteiger partial charge on any atom is -0.452 e. The van der Waals surface area contributed by atoms with Crippen molar-refractivity contribution in [3.63, 3.8) is 0 Å². The maximum atomic E-state index is 12.5. The van der Waals surface area contributed by atoms with Gasteiger partial charge in [0.2, 0.25) is 0 Å². The molecule has 1 heterocycles. The molecule has 2 aromatic rings. The van der Waals surface area contributed by atoms with Gasteiger partial charge < -0.3 is 10.1 Å². The molecule has 0 unspecified atom stereocenters. The number of nitrogens with one attached hydrogen (secondary N) is 1. The van der Waals surface area contributed by atoms with Crippen LogP contribution in [0.4, 0.5) is 0 Å². The van der Waals surface area contributed by atoms with Crippen LogP contribution in [0.3, 0.4) is 0 Å². The van der Waals surface area contributed by atoms with E-state index in [0.29, 0.717) is 5.03 Å². The van der Waals surface area contributed by atoms with E-state index in [1.165, 1.54) is 11.8 Å². The first-order valence-electron chi connectivity index (χ1n) is 8.84. The SMILES string of the molecule is Cc1ccc(Sc2ncccc2C(=O)OCC(=O)N[C@](C)(C#N)C(C)C)cc1. The van der Waals surface area contributed by atoms with Crippen LogP contribution in [0, 0.1) is 24.2 Å². The fourth-order valence-corrected chi connectivity index (χ4v) is 3.05. The number of hydrogen-bond acceptors (Lipinski definition) is 6.